The van der Waals surface area contributed by atoms with E-state index in [1.807, 2.05) is 36.4 Å². The van der Waals surface area contributed by atoms with Gasteiger partial charge in [0.15, 0.2) is 0 Å². The van der Waals surface area contributed by atoms with Crippen LogP contribution in [0.4, 0.5) is 5.69 Å². The maximum Gasteiger partial charge on any atom is 0.0887 e. The summed E-state index contributed by atoms with van der Waals surface area (Å²) in [5.41, 5.74) is 3.55. The molecule has 0 spiro atoms. The quantitative estimate of drug-likeness (QED) is 0.812. The van der Waals surface area contributed by atoms with Gasteiger partial charge in [-0.2, -0.15) is 5.26 Å². The Kier molecular flexibility index (Phi) is 4.79. The first kappa shape index (κ1) is 14.1. The highest BCUT2D eigenvalue weighted by atomic mass is 15.1. The molecule has 0 heterocycles. The van der Waals surface area contributed by atoms with E-state index in [4.69, 9.17) is 0 Å². The molecule has 0 saturated carbocycles. The van der Waals surface area contributed by atoms with Gasteiger partial charge in [0.1, 0.15) is 0 Å². The SMILES string of the molecule is CCN(CC(C#N)c1ccccc1)c1ccccc1C. The Bertz CT molecular complexity index is 584. The lowest BCUT2D eigenvalue weighted by Crippen LogP contribution is -2.28. The average molecular weight is 264 g/mol. The molecule has 102 valence electrons. The van der Waals surface area contributed by atoms with E-state index in [1.165, 1.54) is 11.3 Å². The lowest BCUT2D eigenvalue weighted by atomic mass is 9.99. The molecule has 2 rings (SSSR count). The highest BCUT2D eigenvalue weighted by molar-refractivity contribution is 5.53. The maximum absolute atomic E-state index is 9.46. The summed E-state index contributed by atoms with van der Waals surface area (Å²) < 4.78 is 0. The summed E-state index contributed by atoms with van der Waals surface area (Å²) >= 11 is 0. The molecule has 0 bridgehead atoms. The van der Waals surface area contributed by atoms with Gasteiger partial charge in [-0.1, -0.05) is 48.5 Å². The Balaban J connectivity index is 2.22. The van der Waals surface area contributed by atoms with Crippen molar-refractivity contribution >= 4 is 5.69 Å². The van der Waals surface area contributed by atoms with Crippen LogP contribution in [0.15, 0.2) is 54.6 Å². The van der Waals surface area contributed by atoms with Crippen molar-refractivity contribution in [2.45, 2.75) is 19.8 Å². The fraction of sp³-hybridized carbons (Fsp3) is 0.278. The van der Waals surface area contributed by atoms with Gasteiger partial charge in [0.25, 0.3) is 0 Å². The summed E-state index contributed by atoms with van der Waals surface area (Å²) in [6, 6.07) is 20.8. The molecular weight excluding hydrogens is 244 g/mol. The van der Waals surface area contributed by atoms with Gasteiger partial charge in [-0.25, -0.2) is 0 Å². The van der Waals surface area contributed by atoms with Gasteiger partial charge in [-0.05, 0) is 31.0 Å². The number of rotatable bonds is 5. The van der Waals surface area contributed by atoms with E-state index in [1.54, 1.807) is 0 Å². The van der Waals surface area contributed by atoms with Crippen molar-refractivity contribution in [3.05, 3.63) is 65.7 Å². The van der Waals surface area contributed by atoms with E-state index in [0.717, 1.165) is 18.7 Å². The zero-order valence-corrected chi connectivity index (χ0v) is 12.1. The normalized spacial score (nSPS) is 11.7. The second kappa shape index (κ2) is 6.77. The van der Waals surface area contributed by atoms with Gasteiger partial charge >= 0.3 is 0 Å². The molecule has 2 heteroatoms. The van der Waals surface area contributed by atoms with Crippen molar-refractivity contribution in [1.29, 1.82) is 5.26 Å². The number of likely N-dealkylation sites (N-methyl/N-ethyl adjacent to an activating group) is 1. The minimum atomic E-state index is -0.101. The van der Waals surface area contributed by atoms with Gasteiger partial charge in [0.05, 0.1) is 12.0 Å². The highest BCUT2D eigenvalue weighted by Crippen LogP contribution is 2.23. The summed E-state index contributed by atoms with van der Waals surface area (Å²) in [7, 11) is 0. The van der Waals surface area contributed by atoms with E-state index < -0.39 is 0 Å². The van der Waals surface area contributed by atoms with Gasteiger partial charge in [-0.3, -0.25) is 0 Å². The molecule has 20 heavy (non-hydrogen) atoms. The van der Waals surface area contributed by atoms with E-state index in [-0.39, 0.29) is 5.92 Å². The molecule has 0 saturated heterocycles. The van der Waals surface area contributed by atoms with Crippen LogP contribution >= 0.6 is 0 Å². The molecule has 0 aliphatic carbocycles. The lowest BCUT2D eigenvalue weighted by Gasteiger charge is -2.27. The minimum Gasteiger partial charge on any atom is -0.370 e. The summed E-state index contributed by atoms with van der Waals surface area (Å²) in [4.78, 5) is 2.27. The molecule has 0 aromatic heterocycles. The second-order valence-corrected chi connectivity index (χ2v) is 4.92. The Hall–Kier alpha value is -2.27. The average Bonchev–Trinajstić information content (AvgIpc) is 2.50. The van der Waals surface area contributed by atoms with Gasteiger partial charge in [0, 0.05) is 18.8 Å². The number of nitriles is 1. The van der Waals surface area contributed by atoms with Crippen molar-refractivity contribution in [2.24, 2.45) is 0 Å². The van der Waals surface area contributed by atoms with Gasteiger partial charge < -0.3 is 4.90 Å². The molecule has 2 nitrogen and oxygen atoms in total. The van der Waals surface area contributed by atoms with E-state index in [9.17, 15) is 5.26 Å². The largest absolute Gasteiger partial charge is 0.370 e. The number of anilines is 1. The van der Waals surface area contributed by atoms with Crippen LogP contribution in [0, 0.1) is 18.3 Å². The van der Waals surface area contributed by atoms with Gasteiger partial charge in [0.2, 0.25) is 0 Å². The topological polar surface area (TPSA) is 27.0 Å². The first-order valence-corrected chi connectivity index (χ1v) is 7.01. The van der Waals surface area contributed by atoms with Crippen LogP contribution in [0.25, 0.3) is 0 Å². The van der Waals surface area contributed by atoms with Crippen LogP contribution in [0.2, 0.25) is 0 Å². The molecule has 0 N–H and O–H groups in total. The third kappa shape index (κ3) is 3.19. The van der Waals surface area contributed by atoms with E-state index in [0.29, 0.717) is 0 Å². The van der Waals surface area contributed by atoms with Crippen LogP contribution in [-0.4, -0.2) is 13.1 Å². The predicted molar refractivity (Wildman–Crippen MR) is 83.9 cm³/mol. The van der Waals surface area contributed by atoms with Crippen LogP contribution < -0.4 is 4.90 Å². The molecule has 2 aromatic rings. The highest BCUT2D eigenvalue weighted by Gasteiger charge is 2.16. The van der Waals surface area contributed by atoms with Crippen molar-refractivity contribution in [2.75, 3.05) is 18.0 Å². The summed E-state index contributed by atoms with van der Waals surface area (Å²) in [6.07, 6.45) is 0. The first-order chi connectivity index (χ1) is 9.76. The third-order valence-electron chi connectivity index (χ3n) is 3.60. The van der Waals surface area contributed by atoms with Crippen LogP contribution in [0.3, 0.4) is 0 Å². The lowest BCUT2D eigenvalue weighted by molar-refractivity contribution is 0.754. The van der Waals surface area contributed by atoms with Crippen LogP contribution in [-0.2, 0) is 0 Å². The van der Waals surface area contributed by atoms with Crippen molar-refractivity contribution in [1.82, 2.24) is 0 Å². The Morgan fingerprint density at radius 3 is 2.30 bits per heavy atom. The molecule has 0 aliphatic rings. The Morgan fingerprint density at radius 1 is 1.05 bits per heavy atom. The number of para-hydroxylation sites is 1. The summed E-state index contributed by atoms with van der Waals surface area (Å²) in [6.45, 7) is 5.87. The molecule has 1 atom stereocenters. The molecule has 0 radical (unpaired) electrons. The standard InChI is InChI=1S/C18H20N2/c1-3-20(18-12-8-7-9-15(18)2)14-17(13-19)16-10-5-4-6-11-16/h4-12,17H,3,14H2,1-2H3. The molecule has 0 fully saturated rings. The molecule has 0 aliphatic heterocycles. The number of hydrogen-bond donors (Lipinski definition) is 0. The van der Waals surface area contributed by atoms with E-state index >= 15 is 0 Å². The molecule has 1 unspecified atom stereocenters. The fourth-order valence-electron chi connectivity index (χ4n) is 2.44. The van der Waals surface area contributed by atoms with Crippen LogP contribution in [0.5, 0.6) is 0 Å². The zero-order valence-electron chi connectivity index (χ0n) is 12.1. The number of benzene rings is 2. The maximum atomic E-state index is 9.46. The third-order valence-corrected chi connectivity index (χ3v) is 3.60. The number of hydrogen-bond acceptors (Lipinski definition) is 2. The summed E-state index contributed by atoms with van der Waals surface area (Å²) in [5.74, 6) is -0.101. The van der Waals surface area contributed by atoms with E-state index in [2.05, 4.69) is 43.0 Å². The zero-order chi connectivity index (χ0) is 14.4. The molecule has 2 aromatic carbocycles. The van der Waals surface area contributed by atoms with Crippen molar-refractivity contribution < 1.29 is 0 Å². The summed E-state index contributed by atoms with van der Waals surface area (Å²) in [5, 5.41) is 9.46. The fourth-order valence-corrected chi connectivity index (χ4v) is 2.44. The first-order valence-electron chi connectivity index (χ1n) is 7.01. The predicted octanol–water partition coefficient (Wildman–Crippen LogP) is 4.13. The van der Waals surface area contributed by atoms with Crippen LogP contribution in [0.1, 0.15) is 24.0 Å². The minimum absolute atomic E-state index is 0.101. The second-order valence-electron chi connectivity index (χ2n) is 4.92. The number of nitrogens with zero attached hydrogens (tertiary/aromatic N) is 2. The Labute approximate surface area is 121 Å². The van der Waals surface area contributed by atoms with Crippen molar-refractivity contribution in [3.63, 3.8) is 0 Å². The molecular formula is C18H20N2. The number of aryl methyl sites for hydroxylation is 1. The van der Waals surface area contributed by atoms with Crippen molar-refractivity contribution in [3.8, 4) is 6.07 Å². The Morgan fingerprint density at radius 2 is 1.70 bits per heavy atom. The monoisotopic (exact) mass is 264 g/mol. The van der Waals surface area contributed by atoms with Gasteiger partial charge in [-0.15, -0.1) is 0 Å². The molecule has 0 amide bonds. The smallest absolute Gasteiger partial charge is 0.0887 e.